The molecule has 3 aliphatic heterocycles. The SMILES string of the molecule is CC(C)(CO)Nc1nc(N2CC=C(c3ccc4c(c3)C[Si](C)(C)C4)CC2)nc2c1S(=O)CC2. The Labute approximate surface area is 200 Å². The van der Waals surface area contributed by atoms with E-state index in [4.69, 9.17) is 9.97 Å². The lowest BCUT2D eigenvalue weighted by Gasteiger charge is -2.29. The third-order valence-corrected chi connectivity index (χ3v) is 11.1. The summed E-state index contributed by atoms with van der Waals surface area (Å²) in [7, 11) is -2.19. The zero-order chi connectivity index (χ0) is 23.4. The number of aliphatic hydroxyl groups excluding tert-OH is 1. The van der Waals surface area contributed by atoms with Gasteiger partial charge < -0.3 is 15.3 Å². The van der Waals surface area contributed by atoms with Crippen molar-refractivity contribution >= 4 is 36.2 Å². The Hall–Kier alpha value is -2.03. The van der Waals surface area contributed by atoms with Gasteiger partial charge in [-0.3, -0.25) is 4.21 Å². The normalized spacial score (nSPS) is 21.5. The molecule has 1 aromatic heterocycles. The number of rotatable bonds is 5. The van der Waals surface area contributed by atoms with Gasteiger partial charge in [-0.2, -0.15) is 4.98 Å². The van der Waals surface area contributed by atoms with E-state index < -0.39 is 24.4 Å². The van der Waals surface area contributed by atoms with Crippen LogP contribution in [-0.2, 0) is 29.3 Å². The molecule has 0 amide bonds. The Morgan fingerprint density at radius 2 is 1.97 bits per heavy atom. The first-order valence-electron chi connectivity index (χ1n) is 11.9. The van der Waals surface area contributed by atoms with E-state index in [0.717, 1.165) is 25.2 Å². The molecule has 8 heteroatoms. The minimum Gasteiger partial charge on any atom is -0.394 e. The van der Waals surface area contributed by atoms with Gasteiger partial charge in [-0.25, -0.2) is 4.98 Å². The molecule has 0 spiro atoms. The molecular weight excluding hydrogens is 448 g/mol. The van der Waals surface area contributed by atoms with Crippen molar-refractivity contribution in [3.8, 4) is 0 Å². The summed E-state index contributed by atoms with van der Waals surface area (Å²) in [5.74, 6) is 1.87. The smallest absolute Gasteiger partial charge is 0.227 e. The number of aryl methyl sites for hydroxylation is 1. The fourth-order valence-electron chi connectivity index (χ4n) is 5.14. The van der Waals surface area contributed by atoms with Crippen LogP contribution in [0.3, 0.4) is 0 Å². The molecule has 6 nitrogen and oxygen atoms in total. The zero-order valence-electron chi connectivity index (χ0n) is 20.1. The number of hydrogen-bond acceptors (Lipinski definition) is 6. The summed E-state index contributed by atoms with van der Waals surface area (Å²) in [6, 6.07) is 9.68. The van der Waals surface area contributed by atoms with Gasteiger partial charge in [0, 0.05) is 25.3 Å². The lowest BCUT2D eigenvalue weighted by atomic mass is 9.96. The molecule has 5 rings (SSSR count). The minimum absolute atomic E-state index is 0.0377. The van der Waals surface area contributed by atoms with Crippen molar-refractivity contribution in [2.45, 2.75) is 62.3 Å². The van der Waals surface area contributed by atoms with Gasteiger partial charge in [0.1, 0.15) is 10.7 Å². The summed E-state index contributed by atoms with van der Waals surface area (Å²) in [6.45, 7) is 10.4. The molecule has 0 saturated carbocycles. The van der Waals surface area contributed by atoms with Crippen molar-refractivity contribution in [3.63, 3.8) is 0 Å². The van der Waals surface area contributed by atoms with Gasteiger partial charge in [-0.15, -0.1) is 0 Å². The van der Waals surface area contributed by atoms with Crippen molar-refractivity contribution in [3.05, 3.63) is 46.7 Å². The van der Waals surface area contributed by atoms with Gasteiger partial charge in [-0.05, 0) is 54.6 Å². The maximum absolute atomic E-state index is 12.6. The molecule has 1 atom stereocenters. The van der Waals surface area contributed by atoms with Crippen LogP contribution in [0, 0.1) is 0 Å². The van der Waals surface area contributed by atoms with E-state index in [1.54, 1.807) is 11.1 Å². The van der Waals surface area contributed by atoms with E-state index in [1.165, 1.54) is 23.2 Å². The zero-order valence-corrected chi connectivity index (χ0v) is 21.9. The molecule has 1 aromatic carbocycles. The number of hydrogen-bond donors (Lipinski definition) is 2. The van der Waals surface area contributed by atoms with Crippen LogP contribution in [0.2, 0.25) is 13.1 Å². The number of aromatic nitrogens is 2. The van der Waals surface area contributed by atoms with Gasteiger partial charge in [0.05, 0.1) is 36.7 Å². The summed E-state index contributed by atoms with van der Waals surface area (Å²) in [5, 5.41) is 13.0. The number of nitrogens with zero attached hydrogens (tertiary/aromatic N) is 3. The van der Waals surface area contributed by atoms with Gasteiger partial charge >= 0.3 is 0 Å². The Balaban J connectivity index is 1.39. The maximum atomic E-state index is 12.6. The minimum atomic E-state index is -1.10. The largest absolute Gasteiger partial charge is 0.394 e. The van der Waals surface area contributed by atoms with Crippen LogP contribution in [0.25, 0.3) is 5.57 Å². The Morgan fingerprint density at radius 3 is 2.70 bits per heavy atom. The second kappa shape index (κ2) is 8.32. The van der Waals surface area contributed by atoms with Crippen molar-refractivity contribution in [1.29, 1.82) is 0 Å². The van der Waals surface area contributed by atoms with Gasteiger partial charge in [0.2, 0.25) is 5.95 Å². The van der Waals surface area contributed by atoms with Crippen LogP contribution in [-0.4, -0.2) is 58.3 Å². The molecule has 2 aromatic rings. The predicted octanol–water partition coefficient (Wildman–Crippen LogP) is 3.50. The van der Waals surface area contributed by atoms with Gasteiger partial charge in [-0.1, -0.05) is 37.4 Å². The van der Waals surface area contributed by atoms with Crippen molar-refractivity contribution in [2.24, 2.45) is 0 Å². The molecule has 0 fully saturated rings. The summed E-state index contributed by atoms with van der Waals surface area (Å²) in [4.78, 5) is 12.5. The maximum Gasteiger partial charge on any atom is 0.227 e. The van der Waals surface area contributed by atoms with Crippen LogP contribution >= 0.6 is 0 Å². The van der Waals surface area contributed by atoms with Crippen molar-refractivity contribution in [1.82, 2.24) is 9.97 Å². The molecule has 0 bridgehead atoms. The predicted molar refractivity (Wildman–Crippen MR) is 138 cm³/mol. The second-order valence-corrected chi connectivity index (χ2v) is 17.6. The van der Waals surface area contributed by atoms with Crippen LogP contribution in [0.1, 0.15) is 42.7 Å². The molecule has 0 aliphatic carbocycles. The monoisotopic (exact) mass is 482 g/mol. The third-order valence-electron chi connectivity index (χ3n) is 6.93. The number of fused-ring (bicyclic) bond motifs is 2. The van der Waals surface area contributed by atoms with Gasteiger partial charge in [0.15, 0.2) is 0 Å². The molecule has 176 valence electrons. The standard InChI is InChI=1S/C25H34N4O2SSi/c1-25(2,16-30)28-23-22-21(9-12-32(22)31)26-24(27-23)29-10-7-17(8-11-29)18-5-6-19-14-33(3,4)15-20(19)13-18/h5-7,13,30H,8-12,14-16H2,1-4H3,(H,26,27,28). The van der Waals surface area contributed by atoms with Crippen molar-refractivity contribution < 1.29 is 9.32 Å². The van der Waals surface area contributed by atoms with Crippen molar-refractivity contribution in [2.75, 3.05) is 35.7 Å². The summed E-state index contributed by atoms with van der Waals surface area (Å²) >= 11 is 0. The van der Waals surface area contributed by atoms with E-state index in [1.807, 2.05) is 13.8 Å². The van der Waals surface area contributed by atoms with Gasteiger partial charge in [0.25, 0.3) is 0 Å². The molecule has 0 radical (unpaired) electrons. The lowest BCUT2D eigenvalue weighted by Crippen LogP contribution is -2.36. The highest BCUT2D eigenvalue weighted by Gasteiger charge is 2.32. The van der Waals surface area contributed by atoms with E-state index in [2.05, 4.69) is 47.6 Å². The summed E-state index contributed by atoms with van der Waals surface area (Å²) in [6.07, 6.45) is 3.97. The first-order chi connectivity index (χ1) is 15.6. The average Bonchev–Trinajstić information content (AvgIpc) is 3.30. The van der Waals surface area contributed by atoms with Crippen LogP contribution < -0.4 is 10.2 Å². The Bertz CT molecular complexity index is 1160. The van der Waals surface area contributed by atoms with E-state index in [9.17, 15) is 9.32 Å². The van der Waals surface area contributed by atoms with Crippen LogP contribution in [0.4, 0.5) is 11.8 Å². The molecule has 4 heterocycles. The highest BCUT2D eigenvalue weighted by molar-refractivity contribution is 7.85. The fraction of sp³-hybridized carbons (Fsp3) is 0.520. The molecular formula is C25H34N4O2SSi. The molecule has 0 saturated heterocycles. The number of aliphatic hydroxyl groups is 1. The quantitative estimate of drug-likeness (QED) is 0.635. The molecule has 1 unspecified atom stereocenters. The molecule has 33 heavy (non-hydrogen) atoms. The van der Waals surface area contributed by atoms with E-state index >= 15 is 0 Å². The van der Waals surface area contributed by atoms with Crippen LogP contribution in [0.15, 0.2) is 29.2 Å². The summed E-state index contributed by atoms with van der Waals surface area (Å²) < 4.78 is 12.6. The lowest BCUT2D eigenvalue weighted by molar-refractivity contribution is 0.233. The average molecular weight is 483 g/mol. The number of anilines is 2. The number of nitrogens with one attached hydrogen (secondary N) is 1. The first kappa shape index (κ1) is 22.7. The van der Waals surface area contributed by atoms with E-state index in [0.29, 0.717) is 28.8 Å². The number of benzene rings is 1. The van der Waals surface area contributed by atoms with Crippen LogP contribution in [0.5, 0.6) is 0 Å². The fourth-order valence-corrected chi connectivity index (χ4v) is 9.31. The first-order valence-corrected chi connectivity index (χ1v) is 16.6. The summed E-state index contributed by atoms with van der Waals surface area (Å²) in [5.41, 5.74) is 6.20. The Kier molecular flexibility index (Phi) is 5.74. The highest BCUT2D eigenvalue weighted by atomic mass is 32.2. The topological polar surface area (TPSA) is 78.3 Å². The second-order valence-electron chi connectivity index (χ2n) is 11.0. The molecule has 2 N–H and O–H groups in total. The van der Waals surface area contributed by atoms with E-state index in [-0.39, 0.29) is 6.61 Å². The highest BCUT2D eigenvalue weighted by Crippen LogP contribution is 2.34. The molecule has 3 aliphatic rings. The third kappa shape index (κ3) is 4.53. The Morgan fingerprint density at radius 1 is 1.18 bits per heavy atom.